The van der Waals surface area contributed by atoms with E-state index in [9.17, 15) is 24.0 Å². The highest BCUT2D eigenvalue weighted by Gasteiger charge is 2.32. The van der Waals surface area contributed by atoms with Gasteiger partial charge in [0.05, 0.1) is 6.04 Å². The van der Waals surface area contributed by atoms with Gasteiger partial charge in [-0.1, -0.05) is 85.8 Å². The van der Waals surface area contributed by atoms with Gasteiger partial charge in [-0.05, 0) is 41.7 Å². The van der Waals surface area contributed by atoms with Crippen molar-refractivity contribution in [3.63, 3.8) is 0 Å². The molecule has 2 N–H and O–H groups in total. The third-order valence-electron chi connectivity index (χ3n) is 8.75. The Morgan fingerprint density at radius 1 is 0.812 bits per heavy atom. The first-order chi connectivity index (χ1) is 23.2. The van der Waals surface area contributed by atoms with Crippen LogP contribution in [0.4, 0.5) is 0 Å². The third kappa shape index (κ3) is 8.67. The van der Waals surface area contributed by atoms with Crippen molar-refractivity contribution in [2.45, 2.75) is 51.5 Å². The van der Waals surface area contributed by atoms with Gasteiger partial charge in [0.2, 0.25) is 11.7 Å². The number of Topliss-reactive ketones (excluding diaryl/α,β-unsaturated/α-hetero) is 4. The van der Waals surface area contributed by atoms with Crippen molar-refractivity contribution in [2.24, 2.45) is 18.9 Å². The maximum absolute atomic E-state index is 14.2. The van der Waals surface area contributed by atoms with E-state index in [0.29, 0.717) is 12.1 Å². The van der Waals surface area contributed by atoms with Crippen molar-refractivity contribution in [1.82, 2.24) is 20.1 Å². The Labute approximate surface area is 279 Å². The highest BCUT2D eigenvalue weighted by atomic mass is 16.2. The monoisotopic (exact) mass is 644 g/mol. The topological polar surface area (TPSA) is 131 Å². The maximum Gasteiger partial charge on any atom is 0.223 e. The molecule has 0 saturated heterocycles. The van der Waals surface area contributed by atoms with Gasteiger partial charge in [0.25, 0.3) is 0 Å². The first kappa shape index (κ1) is 33.9. The summed E-state index contributed by atoms with van der Waals surface area (Å²) in [5.74, 6) is -3.78. The zero-order valence-corrected chi connectivity index (χ0v) is 27.2. The van der Waals surface area contributed by atoms with Crippen molar-refractivity contribution >= 4 is 39.9 Å². The smallest absolute Gasteiger partial charge is 0.223 e. The second-order valence-corrected chi connectivity index (χ2v) is 12.3. The van der Waals surface area contributed by atoms with E-state index in [-0.39, 0.29) is 43.7 Å². The molecular weight excluding hydrogens is 604 g/mol. The van der Waals surface area contributed by atoms with Gasteiger partial charge in [-0.15, -0.1) is 0 Å². The minimum atomic E-state index is -0.989. The maximum atomic E-state index is 14.2. The summed E-state index contributed by atoms with van der Waals surface area (Å²) in [6.45, 7) is 1.64. The number of benzene rings is 3. The number of aromatic amines is 1. The van der Waals surface area contributed by atoms with Gasteiger partial charge in [-0.2, -0.15) is 5.10 Å². The Kier molecular flexibility index (Phi) is 11.2. The van der Waals surface area contributed by atoms with E-state index in [1.165, 1.54) is 10.9 Å². The molecule has 0 aliphatic heterocycles. The summed E-state index contributed by atoms with van der Waals surface area (Å²) in [4.78, 5) is 70.7. The molecule has 3 atom stereocenters. The van der Waals surface area contributed by atoms with Gasteiger partial charge < -0.3 is 10.3 Å². The molecule has 48 heavy (non-hydrogen) atoms. The summed E-state index contributed by atoms with van der Waals surface area (Å²) in [7, 11) is 1.66. The fourth-order valence-electron chi connectivity index (χ4n) is 6.00. The molecule has 9 nitrogen and oxygen atoms in total. The number of aromatic nitrogens is 3. The lowest BCUT2D eigenvalue weighted by molar-refractivity contribution is -0.140. The highest BCUT2D eigenvalue weighted by molar-refractivity contribution is 6.38. The fourth-order valence-corrected chi connectivity index (χ4v) is 6.00. The van der Waals surface area contributed by atoms with Crippen molar-refractivity contribution in [3.8, 4) is 0 Å². The first-order valence-corrected chi connectivity index (χ1v) is 16.2. The Hall–Kier alpha value is -5.44. The van der Waals surface area contributed by atoms with Crippen LogP contribution in [0.5, 0.6) is 0 Å². The number of hydrogen-bond acceptors (Lipinski definition) is 6. The van der Waals surface area contributed by atoms with E-state index >= 15 is 0 Å². The number of aryl methyl sites for hydroxylation is 2. The van der Waals surface area contributed by atoms with Crippen molar-refractivity contribution < 1.29 is 24.0 Å². The molecular formula is C39H40N4O5. The molecule has 246 valence electrons. The predicted molar refractivity (Wildman–Crippen MR) is 183 cm³/mol. The molecule has 0 bridgehead atoms. The Bertz CT molecular complexity index is 1890. The Morgan fingerprint density at radius 2 is 1.48 bits per heavy atom. The average molecular weight is 645 g/mol. The predicted octanol–water partition coefficient (Wildman–Crippen LogP) is 5.43. The zero-order valence-electron chi connectivity index (χ0n) is 27.2. The molecule has 3 aromatic carbocycles. The van der Waals surface area contributed by atoms with Gasteiger partial charge in [-0.25, -0.2) is 0 Å². The molecule has 9 heteroatoms. The SMILES string of the molecule is C[C@H](CC(=O)c1ccnn1C)C(=O)N[C@@H](Cc1c[nH]c2ccccc12)C(=O)C[C@@H](Cc1ccccc1)C(=O)C(=O)CCc1ccccc1. The van der Waals surface area contributed by atoms with E-state index in [2.05, 4.69) is 15.4 Å². The molecule has 0 spiro atoms. The van der Waals surface area contributed by atoms with Crippen LogP contribution in [0.1, 0.15) is 53.4 Å². The molecule has 0 aliphatic carbocycles. The summed E-state index contributed by atoms with van der Waals surface area (Å²) in [6.07, 6.45) is 3.90. The van der Waals surface area contributed by atoms with Crippen LogP contribution in [-0.2, 0) is 45.5 Å². The number of carbonyl (C=O) groups excluding carboxylic acids is 5. The van der Waals surface area contributed by atoms with Gasteiger partial charge in [0.15, 0.2) is 17.3 Å². The number of rotatable bonds is 17. The number of nitrogens with one attached hydrogen (secondary N) is 2. The molecule has 1 amide bonds. The summed E-state index contributed by atoms with van der Waals surface area (Å²) in [6, 6.07) is 27.1. The van der Waals surface area contributed by atoms with Crippen LogP contribution in [0.25, 0.3) is 10.9 Å². The lowest BCUT2D eigenvalue weighted by Crippen LogP contribution is -2.46. The van der Waals surface area contributed by atoms with Crippen LogP contribution in [0.3, 0.4) is 0 Å². The number of nitrogens with zero attached hydrogens (tertiary/aromatic N) is 2. The number of carbonyl (C=O) groups is 5. The van der Waals surface area contributed by atoms with Crippen LogP contribution in [0, 0.1) is 11.8 Å². The van der Waals surface area contributed by atoms with Gasteiger partial charge in [0.1, 0.15) is 5.69 Å². The minimum absolute atomic E-state index is 0.0417. The molecule has 0 unspecified atom stereocenters. The van der Waals surface area contributed by atoms with Gasteiger partial charge in [0, 0.05) is 67.9 Å². The summed E-state index contributed by atoms with van der Waals surface area (Å²) in [5.41, 5.74) is 3.89. The van der Waals surface area contributed by atoms with E-state index in [0.717, 1.165) is 27.6 Å². The number of fused-ring (bicyclic) bond motifs is 1. The number of amides is 1. The van der Waals surface area contributed by atoms with E-state index in [1.54, 1.807) is 20.0 Å². The molecule has 2 aromatic heterocycles. The molecule has 5 aromatic rings. The van der Waals surface area contributed by atoms with Crippen molar-refractivity contribution in [1.29, 1.82) is 0 Å². The van der Waals surface area contributed by atoms with Crippen LogP contribution < -0.4 is 5.32 Å². The number of hydrogen-bond donors (Lipinski definition) is 2. The molecule has 2 heterocycles. The minimum Gasteiger partial charge on any atom is -0.361 e. The van der Waals surface area contributed by atoms with E-state index in [1.807, 2.05) is 91.1 Å². The second-order valence-electron chi connectivity index (χ2n) is 12.3. The second kappa shape index (κ2) is 15.9. The Morgan fingerprint density at radius 3 is 2.17 bits per heavy atom. The van der Waals surface area contributed by atoms with Crippen LogP contribution in [0.15, 0.2) is 103 Å². The molecule has 0 fully saturated rings. The highest BCUT2D eigenvalue weighted by Crippen LogP contribution is 2.23. The summed E-state index contributed by atoms with van der Waals surface area (Å²) < 4.78 is 1.46. The number of H-pyrrole nitrogens is 1. The first-order valence-electron chi connectivity index (χ1n) is 16.2. The number of ketones is 4. The van der Waals surface area contributed by atoms with Crippen molar-refractivity contribution in [3.05, 3.63) is 126 Å². The number of para-hydroxylation sites is 1. The van der Waals surface area contributed by atoms with Crippen LogP contribution in [-0.4, -0.2) is 49.8 Å². The molecule has 5 rings (SSSR count). The fraction of sp³-hybridized carbons (Fsp3) is 0.282. The lowest BCUT2D eigenvalue weighted by atomic mass is 9.85. The molecule has 0 saturated carbocycles. The average Bonchev–Trinajstić information content (AvgIpc) is 3.72. The van der Waals surface area contributed by atoms with Crippen molar-refractivity contribution in [2.75, 3.05) is 0 Å². The molecule has 0 aliphatic rings. The standard InChI is InChI=1S/C39H40N4O5/c1-26(21-37(46)34-19-20-41-43(34)2)39(48)42-33(23-30-25-40-32-16-10-9-15-31(30)32)36(45)24-29(22-28-13-7-4-8-14-28)38(47)35(44)18-17-27-11-5-3-6-12-27/h3-16,19-20,25-26,29,33,40H,17-18,21-24H2,1-2H3,(H,42,48)/t26-,29-,33+/m1/s1. The van der Waals surface area contributed by atoms with E-state index in [4.69, 9.17) is 0 Å². The quantitative estimate of drug-likeness (QED) is 0.103. The summed E-state index contributed by atoms with van der Waals surface area (Å²) in [5, 5.41) is 7.84. The van der Waals surface area contributed by atoms with Crippen LogP contribution in [0.2, 0.25) is 0 Å². The lowest BCUT2D eigenvalue weighted by Gasteiger charge is -2.22. The molecule has 0 radical (unpaired) electrons. The van der Waals surface area contributed by atoms with Crippen LogP contribution >= 0.6 is 0 Å². The third-order valence-corrected chi connectivity index (χ3v) is 8.75. The summed E-state index contributed by atoms with van der Waals surface area (Å²) >= 11 is 0. The Balaban J connectivity index is 1.36. The van der Waals surface area contributed by atoms with E-state index < -0.39 is 35.4 Å². The largest absolute Gasteiger partial charge is 0.361 e. The van der Waals surface area contributed by atoms with Gasteiger partial charge in [-0.3, -0.25) is 28.7 Å². The zero-order chi connectivity index (χ0) is 34.0. The van der Waals surface area contributed by atoms with Gasteiger partial charge >= 0.3 is 0 Å². The normalized spacial score (nSPS) is 13.0.